The van der Waals surface area contributed by atoms with E-state index in [0.29, 0.717) is 17.8 Å². The van der Waals surface area contributed by atoms with Crippen LogP contribution in [0.1, 0.15) is 40.0 Å². The highest BCUT2D eigenvalue weighted by atomic mass is 35.7. The van der Waals surface area contributed by atoms with Crippen molar-refractivity contribution < 1.29 is 13.2 Å². The summed E-state index contributed by atoms with van der Waals surface area (Å²) in [7, 11) is 1.74. The summed E-state index contributed by atoms with van der Waals surface area (Å²) in [6.07, 6.45) is 3.65. The van der Waals surface area contributed by atoms with E-state index in [1.165, 1.54) is 12.8 Å². The van der Waals surface area contributed by atoms with Gasteiger partial charge in [0.2, 0.25) is 9.05 Å². The van der Waals surface area contributed by atoms with Crippen molar-refractivity contribution in [1.82, 2.24) is 0 Å². The number of halogens is 1. The van der Waals surface area contributed by atoms with Gasteiger partial charge in [-0.1, -0.05) is 27.2 Å². The Bertz CT molecular complexity index is 327. The van der Waals surface area contributed by atoms with E-state index < -0.39 is 9.05 Å². The molecule has 1 fully saturated rings. The van der Waals surface area contributed by atoms with E-state index in [9.17, 15) is 8.42 Å². The Labute approximate surface area is 109 Å². The lowest BCUT2D eigenvalue weighted by Gasteiger charge is -2.37. The maximum atomic E-state index is 10.8. The summed E-state index contributed by atoms with van der Waals surface area (Å²) in [5, 5.41) is 0. The van der Waals surface area contributed by atoms with Gasteiger partial charge in [0.15, 0.2) is 0 Å². The number of ether oxygens (including phenoxy) is 1. The molecule has 102 valence electrons. The van der Waals surface area contributed by atoms with E-state index in [-0.39, 0.29) is 18.5 Å². The van der Waals surface area contributed by atoms with Gasteiger partial charge in [-0.05, 0) is 30.6 Å². The molecule has 17 heavy (non-hydrogen) atoms. The highest BCUT2D eigenvalue weighted by Gasteiger charge is 2.31. The van der Waals surface area contributed by atoms with Gasteiger partial charge < -0.3 is 4.74 Å². The molecule has 3 unspecified atom stereocenters. The van der Waals surface area contributed by atoms with Crippen molar-refractivity contribution in [3.8, 4) is 0 Å². The quantitative estimate of drug-likeness (QED) is 0.728. The first-order valence-corrected chi connectivity index (χ1v) is 8.81. The van der Waals surface area contributed by atoms with Crippen molar-refractivity contribution in [1.29, 1.82) is 0 Å². The second kappa shape index (κ2) is 6.39. The van der Waals surface area contributed by atoms with Gasteiger partial charge in [-0.3, -0.25) is 0 Å². The lowest BCUT2D eigenvalue weighted by molar-refractivity contribution is -0.0319. The van der Waals surface area contributed by atoms with Crippen molar-refractivity contribution >= 4 is 19.7 Å². The van der Waals surface area contributed by atoms with E-state index in [2.05, 4.69) is 20.8 Å². The summed E-state index contributed by atoms with van der Waals surface area (Å²) >= 11 is 0. The Balaban J connectivity index is 2.47. The van der Waals surface area contributed by atoms with Crippen molar-refractivity contribution in [2.24, 2.45) is 17.8 Å². The average molecular weight is 283 g/mol. The second-order valence-corrected chi connectivity index (χ2v) is 8.37. The summed E-state index contributed by atoms with van der Waals surface area (Å²) in [5.41, 5.74) is 0. The van der Waals surface area contributed by atoms with Gasteiger partial charge in [0.05, 0.1) is 18.5 Å². The average Bonchev–Trinajstić information content (AvgIpc) is 2.15. The molecule has 0 aromatic heterocycles. The predicted octanol–water partition coefficient (Wildman–Crippen LogP) is 3.03. The Kier molecular flexibility index (Phi) is 5.74. The van der Waals surface area contributed by atoms with E-state index in [1.807, 2.05) is 0 Å². The molecule has 0 N–H and O–H groups in total. The van der Waals surface area contributed by atoms with Crippen LogP contribution in [0, 0.1) is 17.8 Å². The summed E-state index contributed by atoms with van der Waals surface area (Å²) in [5.74, 6) is 1.71. The molecule has 0 bridgehead atoms. The molecule has 0 radical (unpaired) electrons. The van der Waals surface area contributed by atoms with Gasteiger partial charge in [0, 0.05) is 10.7 Å². The largest absolute Gasteiger partial charge is 0.377 e. The molecule has 0 aromatic rings. The van der Waals surface area contributed by atoms with Crippen LogP contribution in [-0.2, 0) is 13.8 Å². The van der Waals surface area contributed by atoms with Crippen LogP contribution in [0.15, 0.2) is 0 Å². The fourth-order valence-corrected chi connectivity index (χ4v) is 3.09. The maximum Gasteiger partial charge on any atom is 0.234 e. The molecule has 1 rings (SSSR count). The first-order chi connectivity index (χ1) is 7.79. The summed E-state index contributed by atoms with van der Waals surface area (Å²) in [6.45, 7) is 6.85. The van der Waals surface area contributed by atoms with Crippen LogP contribution in [0.4, 0.5) is 0 Å². The van der Waals surface area contributed by atoms with Crippen LogP contribution in [-0.4, -0.2) is 26.9 Å². The van der Waals surface area contributed by atoms with E-state index >= 15 is 0 Å². The number of rotatable bonds is 5. The molecule has 1 aliphatic rings. The van der Waals surface area contributed by atoms with Gasteiger partial charge >= 0.3 is 0 Å². The van der Waals surface area contributed by atoms with Crippen LogP contribution in [0.3, 0.4) is 0 Å². The fraction of sp³-hybridized carbons (Fsp3) is 1.00. The van der Waals surface area contributed by atoms with Gasteiger partial charge in [-0.15, -0.1) is 0 Å². The summed E-state index contributed by atoms with van der Waals surface area (Å²) < 4.78 is 27.4. The first kappa shape index (κ1) is 15.3. The van der Waals surface area contributed by atoms with Gasteiger partial charge in [0.1, 0.15) is 0 Å². The first-order valence-electron chi connectivity index (χ1n) is 6.33. The minimum absolute atomic E-state index is 0.0930. The zero-order chi connectivity index (χ0) is 13.1. The number of hydrogen-bond donors (Lipinski definition) is 0. The SMILES string of the molecule is CC1CCC(C(C)C)C(OCCS(=O)(=O)Cl)C1. The lowest BCUT2D eigenvalue weighted by atomic mass is 9.75. The number of hydrogen-bond acceptors (Lipinski definition) is 3. The van der Waals surface area contributed by atoms with E-state index in [4.69, 9.17) is 15.4 Å². The molecule has 0 spiro atoms. The highest BCUT2D eigenvalue weighted by Crippen LogP contribution is 2.35. The lowest BCUT2D eigenvalue weighted by Crippen LogP contribution is -2.35. The third-order valence-corrected chi connectivity index (χ3v) is 4.74. The molecule has 5 heteroatoms. The highest BCUT2D eigenvalue weighted by molar-refractivity contribution is 8.13. The Hall–Kier alpha value is 0.200. The van der Waals surface area contributed by atoms with Gasteiger partial charge in [-0.25, -0.2) is 8.42 Å². The minimum Gasteiger partial charge on any atom is -0.377 e. The van der Waals surface area contributed by atoms with Gasteiger partial charge in [-0.2, -0.15) is 0 Å². The van der Waals surface area contributed by atoms with Crippen molar-refractivity contribution in [3.63, 3.8) is 0 Å². The van der Waals surface area contributed by atoms with Crippen molar-refractivity contribution in [3.05, 3.63) is 0 Å². The monoisotopic (exact) mass is 282 g/mol. The van der Waals surface area contributed by atoms with E-state index in [1.54, 1.807) is 0 Å². The van der Waals surface area contributed by atoms with Crippen molar-refractivity contribution in [2.45, 2.75) is 46.1 Å². The zero-order valence-corrected chi connectivity index (χ0v) is 12.4. The maximum absolute atomic E-state index is 10.8. The van der Waals surface area contributed by atoms with Crippen LogP contribution in [0.5, 0.6) is 0 Å². The van der Waals surface area contributed by atoms with Crippen LogP contribution in [0.25, 0.3) is 0 Å². The fourth-order valence-electron chi connectivity index (χ4n) is 2.61. The molecule has 0 aliphatic heterocycles. The smallest absolute Gasteiger partial charge is 0.234 e. The van der Waals surface area contributed by atoms with Gasteiger partial charge in [0.25, 0.3) is 0 Å². The molecular weight excluding hydrogens is 260 g/mol. The zero-order valence-electron chi connectivity index (χ0n) is 10.9. The van der Waals surface area contributed by atoms with Crippen LogP contribution < -0.4 is 0 Å². The second-order valence-electron chi connectivity index (χ2n) is 5.48. The Morgan fingerprint density at radius 3 is 2.53 bits per heavy atom. The molecule has 1 saturated carbocycles. The molecular formula is C12H23ClO3S. The standard InChI is InChI=1S/C12H23ClO3S/c1-9(2)11-5-4-10(3)8-12(11)16-6-7-17(13,14)15/h9-12H,4-8H2,1-3H3. The molecule has 0 amide bonds. The molecule has 0 heterocycles. The third kappa shape index (κ3) is 5.58. The molecule has 3 atom stereocenters. The normalized spacial score (nSPS) is 30.8. The Morgan fingerprint density at radius 1 is 1.35 bits per heavy atom. The topological polar surface area (TPSA) is 43.4 Å². The van der Waals surface area contributed by atoms with Crippen LogP contribution >= 0.6 is 10.7 Å². The van der Waals surface area contributed by atoms with Crippen LogP contribution in [0.2, 0.25) is 0 Å². The van der Waals surface area contributed by atoms with E-state index in [0.717, 1.165) is 6.42 Å². The third-order valence-electron chi connectivity index (χ3n) is 3.62. The Morgan fingerprint density at radius 2 is 2.00 bits per heavy atom. The minimum atomic E-state index is -3.43. The molecule has 3 nitrogen and oxygen atoms in total. The molecule has 0 aromatic carbocycles. The molecule has 1 aliphatic carbocycles. The predicted molar refractivity (Wildman–Crippen MR) is 70.7 cm³/mol. The summed E-state index contributed by atoms with van der Waals surface area (Å²) in [6, 6.07) is 0. The van der Waals surface area contributed by atoms with Crippen molar-refractivity contribution in [2.75, 3.05) is 12.4 Å². The summed E-state index contributed by atoms with van der Waals surface area (Å²) in [4.78, 5) is 0. The molecule has 0 saturated heterocycles.